The fraction of sp³-hybridized carbons (Fsp3) is 0.333. The number of aromatic nitrogens is 3. The van der Waals surface area contributed by atoms with E-state index >= 15 is 0 Å². The van der Waals surface area contributed by atoms with E-state index in [0.717, 1.165) is 41.6 Å². The second-order valence-electron chi connectivity index (χ2n) is 6.28. The summed E-state index contributed by atoms with van der Waals surface area (Å²) in [5.74, 6) is -0.221. The first-order valence-corrected chi connectivity index (χ1v) is 8.97. The molecule has 4 nitrogen and oxygen atoms in total. The number of aryl methyl sites for hydroxylation is 2. The molecule has 124 valence electrons. The second-order valence-corrected chi connectivity index (χ2v) is 7.12. The van der Waals surface area contributed by atoms with E-state index in [-0.39, 0.29) is 5.82 Å². The maximum atomic E-state index is 13.1. The first-order valence-electron chi connectivity index (χ1n) is 8.09. The average molecular weight is 342 g/mol. The van der Waals surface area contributed by atoms with Crippen LogP contribution in [-0.2, 0) is 0 Å². The van der Waals surface area contributed by atoms with Gasteiger partial charge in [0.25, 0.3) is 0 Å². The van der Waals surface area contributed by atoms with Gasteiger partial charge in [-0.2, -0.15) is 5.10 Å². The maximum Gasteiger partial charge on any atom is 0.185 e. The summed E-state index contributed by atoms with van der Waals surface area (Å²) in [5.41, 5.74) is 4.14. The molecule has 1 aliphatic heterocycles. The molecule has 24 heavy (non-hydrogen) atoms. The Morgan fingerprint density at radius 3 is 2.71 bits per heavy atom. The van der Waals surface area contributed by atoms with Crippen LogP contribution >= 0.6 is 11.3 Å². The molecule has 0 N–H and O–H groups in total. The van der Waals surface area contributed by atoms with Crippen molar-refractivity contribution in [3.8, 4) is 11.3 Å². The number of rotatable bonds is 3. The van der Waals surface area contributed by atoms with Gasteiger partial charge < -0.3 is 4.90 Å². The number of nitrogens with zero attached hydrogens (tertiary/aromatic N) is 4. The van der Waals surface area contributed by atoms with E-state index < -0.39 is 0 Å². The van der Waals surface area contributed by atoms with Crippen LogP contribution in [0.4, 0.5) is 9.52 Å². The predicted molar refractivity (Wildman–Crippen MR) is 95.1 cm³/mol. The summed E-state index contributed by atoms with van der Waals surface area (Å²) in [4.78, 5) is 7.06. The van der Waals surface area contributed by atoms with Crippen molar-refractivity contribution in [2.45, 2.75) is 26.3 Å². The van der Waals surface area contributed by atoms with Gasteiger partial charge in [0.2, 0.25) is 0 Å². The first kappa shape index (κ1) is 15.3. The topological polar surface area (TPSA) is 34.0 Å². The number of benzene rings is 1. The Bertz CT molecular complexity index is 852. The summed E-state index contributed by atoms with van der Waals surface area (Å²) in [5, 5.41) is 7.69. The van der Waals surface area contributed by atoms with E-state index in [9.17, 15) is 4.39 Å². The Labute approximate surface area is 144 Å². The molecule has 0 aliphatic carbocycles. The maximum absolute atomic E-state index is 13.1. The van der Waals surface area contributed by atoms with Crippen LogP contribution < -0.4 is 4.90 Å². The van der Waals surface area contributed by atoms with Gasteiger partial charge in [0.05, 0.1) is 17.4 Å². The zero-order valence-electron chi connectivity index (χ0n) is 13.7. The van der Waals surface area contributed by atoms with Crippen molar-refractivity contribution in [2.24, 2.45) is 0 Å². The molecular weight excluding hydrogens is 323 g/mol. The van der Waals surface area contributed by atoms with Gasteiger partial charge in [-0.05, 0) is 50.6 Å². The van der Waals surface area contributed by atoms with Gasteiger partial charge in [-0.3, -0.25) is 4.68 Å². The second kappa shape index (κ2) is 6.02. The molecular formula is C18H19FN4S. The van der Waals surface area contributed by atoms with Crippen LogP contribution in [0.3, 0.4) is 0 Å². The van der Waals surface area contributed by atoms with E-state index in [1.165, 1.54) is 17.8 Å². The molecule has 3 heterocycles. The summed E-state index contributed by atoms with van der Waals surface area (Å²) in [6.07, 6.45) is 1.08. The number of anilines is 1. The lowest BCUT2D eigenvalue weighted by Crippen LogP contribution is -2.21. The zero-order chi connectivity index (χ0) is 16.7. The molecule has 2 aromatic heterocycles. The summed E-state index contributed by atoms with van der Waals surface area (Å²) in [7, 11) is 0. The Balaban J connectivity index is 1.51. The smallest absolute Gasteiger partial charge is 0.185 e. The van der Waals surface area contributed by atoms with Crippen LogP contribution in [0.2, 0.25) is 0 Å². The average Bonchev–Trinajstić information content (AvgIpc) is 3.27. The first-order chi connectivity index (χ1) is 11.6. The van der Waals surface area contributed by atoms with Crippen molar-refractivity contribution in [3.63, 3.8) is 0 Å². The molecule has 1 fully saturated rings. The molecule has 6 heteroatoms. The monoisotopic (exact) mass is 342 g/mol. The van der Waals surface area contributed by atoms with Crippen molar-refractivity contribution in [2.75, 3.05) is 18.0 Å². The quantitative estimate of drug-likeness (QED) is 0.715. The molecule has 1 aromatic carbocycles. The Morgan fingerprint density at radius 2 is 2.00 bits per heavy atom. The number of hydrogen-bond donors (Lipinski definition) is 0. The summed E-state index contributed by atoms with van der Waals surface area (Å²) >= 11 is 1.64. The van der Waals surface area contributed by atoms with Gasteiger partial charge in [0.15, 0.2) is 5.13 Å². The highest BCUT2D eigenvalue weighted by Crippen LogP contribution is 2.32. The highest BCUT2D eigenvalue weighted by Gasteiger charge is 2.27. The summed E-state index contributed by atoms with van der Waals surface area (Å²) in [6, 6.07) is 9.02. The molecule has 0 amide bonds. The third-order valence-electron chi connectivity index (χ3n) is 4.46. The van der Waals surface area contributed by atoms with E-state index in [1.807, 2.05) is 12.3 Å². The fourth-order valence-corrected chi connectivity index (χ4v) is 4.17. The minimum Gasteiger partial charge on any atom is -0.346 e. The van der Waals surface area contributed by atoms with Crippen molar-refractivity contribution < 1.29 is 4.39 Å². The Hall–Kier alpha value is -2.21. The van der Waals surface area contributed by atoms with E-state index in [1.54, 1.807) is 23.5 Å². The highest BCUT2D eigenvalue weighted by atomic mass is 32.1. The molecule has 1 saturated heterocycles. The van der Waals surface area contributed by atoms with Crippen molar-refractivity contribution in [1.82, 2.24) is 14.8 Å². The molecule has 4 rings (SSSR count). The normalized spacial score (nSPS) is 17.6. The van der Waals surface area contributed by atoms with Crippen molar-refractivity contribution in [3.05, 3.63) is 52.9 Å². The van der Waals surface area contributed by atoms with Crippen LogP contribution in [0.15, 0.2) is 35.7 Å². The van der Waals surface area contributed by atoms with Crippen molar-refractivity contribution >= 4 is 16.5 Å². The molecule has 0 bridgehead atoms. The van der Waals surface area contributed by atoms with Crippen molar-refractivity contribution in [1.29, 1.82) is 0 Å². The third-order valence-corrected chi connectivity index (χ3v) is 5.36. The lowest BCUT2D eigenvalue weighted by molar-refractivity contribution is 0.481. The molecule has 0 spiro atoms. The molecule has 0 radical (unpaired) electrons. The van der Waals surface area contributed by atoms with Gasteiger partial charge in [-0.1, -0.05) is 0 Å². The lowest BCUT2D eigenvalue weighted by atomic mass is 10.2. The molecule has 1 aliphatic rings. The fourth-order valence-electron chi connectivity index (χ4n) is 3.29. The number of thiazole rings is 1. The molecule has 0 saturated carbocycles. The SMILES string of the molecule is Cc1cc(C)n([C@H]2CCN(c3nc(-c4ccc(F)cc4)cs3)C2)n1. The standard InChI is InChI=1S/C18H19FN4S/c1-12-9-13(2)23(21-12)16-7-8-22(10-16)18-20-17(11-24-18)14-3-5-15(19)6-4-14/h3-6,9,11,16H,7-8,10H2,1-2H3/t16-/m0/s1. The predicted octanol–water partition coefficient (Wildman–Crippen LogP) is 4.21. The van der Waals surface area contributed by atoms with Gasteiger partial charge in [0.1, 0.15) is 5.82 Å². The van der Waals surface area contributed by atoms with Gasteiger partial charge in [-0.15, -0.1) is 11.3 Å². The van der Waals surface area contributed by atoms with E-state index in [0.29, 0.717) is 6.04 Å². The lowest BCUT2D eigenvalue weighted by Gasteiger charge is -2.16. The third kappa shape index (κ3) is 2.82. The van der Waals surface area contributed by atoms with Gasteiger partial charge >= 0.3 is 0 Å². The van der Waals surface area contributed by atoms with E-state index in [4.69, 9.17) is 4.98 Å². The summed E-state index contributed by atoms with van der Waals surface area (Å²) < 4.78 is 15.2. The zero-order valence-corrected chi connectivity index (χ0v) is 14.6. The number of halogens is 1. The highest BCUT2D eigenvalue weighted by molar-refractivity contribution is 7.14. The minimum absolute atomic E-state index is 0.221. The van der Waals surface area contributed by atoms with Crippen LogP contribution in [-0.4, -0.2) is 27.9 Å². The Kier molecular flexibility index (Phi) is 3.84. The minimum atomic E-state index is -0.221. The molecule has 0 unspecified atom stereocenters. The van der Waals surface area contributed by atoms with Gasteiger partial charge in [0, 0.05) is 29.7 Å². The van der Waals surface area contributed by atoms with Crippen LogP contribution in [0.5, 0.6) is 0 Å². The largest absolute Gasteiger partial charge is 0.346 e. The number of hydrogen-bond acceptors (Lipinski definition) is 4. The van der Waals surface area contributed by atoms with Crippen LogP contribution in [0.25, 0.3) is 11.3 Å². The van der Waals surface area contributed by atoms with E-state index in [2.05, 4.69) is 27.7 Å². The van der Waals surface area contributed by atoms with Crippen LogP contribution in [0.1, 0.15) is 23.9 Å². The molecule has 3 aromatic rings. The van der Waals surface area contributed by atoms with Crippen LogP contribution in [0, 0.1) is 19.7 Å². The Morgan fingerprint density at radius 1 is 1.21 bits per heavy atom. The molecule has 1 atom stereocenters. The summed E-state index contributed by atoms with van der Waals surface area (Å²) in [6.45, 7) is 6.06. The van der Waals surface area contributed by atoms with Gasteiger partial charge in [-0.25, -0.2) is 9.37 Å².